The zero-order valence-electron chi connectivity index (χ0n) is 13.0. The van der Waals surface area contributed by atoms with Gasteiger partial charge in [-0.05, 0) is 35.4 Å². The van der Waals surface area contributed by atoms with Crippen LogP contribution in [-0.4, -0.2) is 12.0 Å². The number of hydrogen-bond acceptors (Lipinski definition) is 3. The number of hydrogen-bond donors (Lipinski definition) is 1. The second-order valence-corrected chi connectivity index (χ2v) is 5.52. The van der Waals surface area contributed by atoms with Gasteiger partial charge in [0.1, 0.15) is 12.6 Å². The fourth-order valence-corrected chi connectivity index (χ4v) is 2.44. The number of ether oxygens (including phenoxy) is 1. The first-order chi connectivity index (χ1) is 11.2. The number of benzene rings is 3. The molecular weight excluding hydrogens is 286 g/mol. The number of esters is 1. The Bertz CT molecular complexity index is 799. The Morgan fingerprint density at radius 1 is 0.957 bits per heavy atom. The minimum atomic E-state index is -0.403. The third-order valence-corrected chi connectivity index (χ3v) is 3.71. The molecule has 0 radical (unpaired) electrons. The largest absolute Gasteiger partial charge is 0.459 e. The van der Waals surface area contributed by atoms with E-state index in [2.05, 4.69) is 17.4 Å². The molecule has 0 heterocycles. The Balaban J connectivity index is 1.60. The molecule has 0 aliphatic rings. The molecule has 0 saturated carbocycles. The van der Waals surface area contributed by atoms with Gasteiger partial charge in [0.15, 0.2) is 0 Å². The van der Waals surface area contributed by atoms with E-state index in [1.54, 1.807) is 0 Å². The van der Waals surface area contributed by atoms with Crippen LogP contribution in [0.2, 0.25) is 0 Å². The Labute approximate surface area is 135 Å². The molecule has 3 aromatic carbocycles. The van der Waals surface area contributed by atoms with E-state index < -0.39 is 6.04 Å². The second-order valence-electron chi connectivity index (χ2n) is 5.52. The molecule has 23 heavy (non-hydrogen) atoms. The first kappa shape index (κ1) is 15.1. The molecule has 3 nitrogen and oxygen atoms in total. The zero-order chi connectivity index (χ0) is 16.1. The van der Waals surface area contributed by atoms with Crippen LogP contribution in [-0.2, 0) is 16.1 Å². The molecule has 0 fully saturated rings. The summed E-state index contributed by atoms with van der Waals surface area (Å²) in [7, 11) is 0. The van der Waals surface area contributed by atoms with Crippen molar-refractivity contribution >= 4 is 22.4 Å². The lowest BCUT2D eigenvalue weighted by molar-refractivity contribution is -0.145. The summed E-state index contributed by atoms with van der Waals surface area (Å²) in [5, 5.41) is 5.51. The van der Waals surface area contributed by atoms with Crippen molar-refractivity contribution in [2.24, 2.45) is 0 Å². The number of carbonyl (C=O) groups is 1. The normalized spacial score (nSPS) is 11.9. The molecular formula is C20H19NO2. The van der Waals surface area contributed by atoms with E-state index in [4.69, 9.17) is 4.74 Å². The minimum absolute atomic E-state index is 0.262. The molecule has 3 aromatic rings. The van der Waals surface area contributed by atoms with Crippen molar-refractivity contribution in [3.05, 3.63) is 78.4 Å². The molecule has 0 aliphatic carbocycles. The van der Waals surface area contributed by atoms with Gasteiger partial charge in [0.05, 0.1) is 0 Å². The van der Waals surface area contributed by atoms with Crippen LogP contribution < -0.4 is 5.32 Å². The highest BCUT2D eigenvalue weighted by molar-refractivity contribution is 5.87. The Kier molecular flexibility index (Phi) is 4.57. The van der Waals surface area contributed by atoms with Crippen molar-refractivity contribution in [2.45, 2.75) is 19.6 Å². The summed E-state index contributed by atoms with van der Waals surface area (Å²) >= 11 is 0. The van der Waals surface area contributed by atoms with Crippen molar-refractivity contribution in [2.75, 3.05) is 5.32 Å². The molecule has 3 heteroatoms. The van der Waals surface area contributed by atoms with E-state index in [9.17, 15) is 4.79 Å². The van der Waals surface area contributed by atoms with E-state index >= 15 is 0 Å². The molecule has 3 rings (SSSR count). The van der Waals surface area contributed by atoms with Crippen LogP contribution in [0.1, 0.15) is 12.5 Å². The van der Waals surface area contributed by atoms with Gasteiger partial charge in [0.2, 0.25) is 0 Å². The lowest BCUT2D eigenvalue weighted by Gasteiger charge is -2.15. The quantitative estimate of drug-likeness (QED) is 0.711. The first-order valence-electron chi connectivity index (χ1n) is 7.68. The number of carbonyl (C=O) groups excluding carboxylic acids is 1. The van der Waals surface area contributed by atoms with E-state index in [-0.39, 0.29) is 5.97 Å². The molecule has 1 N–H and O–H groups in total. The predicted octanol–water partition coefficient (Wildman–Crippen LogP) is 4.38. The average Bonchev–Trinajstić information content (AvgIpc) is 2.60. The molecule has 0 unspecified atom stereocenters. The van der Waals surface area contributed by atoms with Gasteiger partial charge < -0.3 is 10.1 Å². The highest BCUT2D eigenvalue weighted by Crippen LogP contribution is 2.19. The van der Waals surface area contributed by atoms with Crippen LogP contribution in [0.15, 0.2) is 72.8 Å². The van der Waals surface area contributed by atoms with Gasteiger partial charge in [-0.15, -0.1) is 0 Å². The van der Waals surface area contributed by atoms with Crippen LogP contribution >= 0.6 is 0 Å². The number of anilines is 1. The summed E-state index contributed by atoms with van der Waals surface area (Å²) in [5.41, 5.74) is 1.90. The van der Waals surface area contributed by atoms with Crippen LogP contribution in [0.25, 0.3) is 10.8 Å². The topological polar surface area (TPSA) is 38.3 Å². The summed E-state index contributed by atoms with van der Waals surface area (Å²) in [6, 6.07) is 23.5. The highest BCUT2D eigenvalue weighted by Gasteiger charge is 2.14. The summed E-state index contributed by atoms with van der Waals surface area (Å²) in [5.74, 6) is -0.262. The molecule has 0 bridgehead atoms. The molecule has 0 saturated heterocycles. The second kappa shape index (κ2) is 6.97. The number of fused-ring (bicyclic) bond motifs is 1. The summed E-state index contributed by atoms with van der Waals surface area (Å²) < 4.78 is 5.35. The Hall–Kier alpha value is -2.81. The third kappa shape index (κ3) is 3.89. The Morgan fingerprint density at radius 2 is 1.65 bits per heavy atom. The van der Waals surface area contributed by atoms with Crippen LogP contribution in [0.3, 0.4) is 0 Å². The smallest absolute Gasteiger partial charge is 0.328 e. The SMILES string of the molecule is C[C@H](Nc1ccc2ccccc2c1)C(=O)OCc1ccccc1. The highest BCUT2D eigenvalue weighted by atomic mass is 16.5. The van der Waals surface area contributed by atoms with Gasteiger partial charge in [0, 0.05) is 5.69 Å². The van der Waals surface area contributed by atoms with Gasteiger partial charge in [-0.25, -0.2) is 4.79 Å². The van der Waals surface area contributed by atoms with Crippen LogP contribution in [0.4, 0.5) is 5.69 Å². The minimum Gasteiger partial charge on any atom is -0.459 e. The molecule has 1 atom stereocenters. The summed E-state index contributed by atoms with van der Waals surface area (Å²) in [6.07, 6.45) is 0. The van der Waals surface area contributed by atoms with Crippen molar-refractivity contribution in [1.82, 2.24) is 0 Å². The first-order valence-corrected chi connectivity index (χ1v) is 7.68. The predicted molar refractivity (Wildman–Crippen MR) is 93.3 cm³/mol. The van der Waals surface area contributed by atoms with Crippen molar-refractivity contribution in [1.29, 1.82) is 0 Å². The van der Waals surface area contributed by atoms with Crippen molar-refractivity contribution in [3.63, 3.8) is 0 Å². The molecule has 0 aromatic heterocycles. The fourth-order valence-electron chi connectivity index (χ4n) is 2.44. The van der Waals surface area contributed by atoms with Gasteiger partial charge in [-0.1, -0.05) is 60.7 Å². The zero-order valence-corrected chi connectivity index (χ0v) is 13.0. The van der Waals surface area contributed by atoms with Gasteiger partial charge in [0.25, 0.3) is 0 Å². The van der Waals surface area contributed by atoms with E-state index in [1.807, 2.05) is 67.6 Å². The van der Waals surface area contributed by atoms with Gasteiger partial charge in [-0.3, -0.25) is 0 Å². The van der Waals surface area contributed by atoms with Crippen molar-refractivity contribution in [3.8, 4) is 0 Å². The van der Waals surface area contributed by atoms with Gasteiger partial charge >= 0.3 is 5.97 Å². The average molecular weight is 305 g/mol. The van der Waals surface area contributed by atoms with Crippen LogP contribution in [0.5, 0.6) is 0 Å². The Morgan fingerprint density at radius 3 is 2.43 bits per heavy atom. The fraction of sp³-hybridized carbons (Fsp3) is 0.150. The van der Waals surface area contributed by atoms with Crippen molar-refractivity contribution < 1.29 is 9.53 Å². The van der Waals surface area contributed by atoms with E-state index in [1.165, 1.54) is 5.39 Å². The molecule has 0 aliphatic heterocycles. The summed E-state index contributed by atoms with van der Waals surface area (Å²) in [6.45, 7) is 2.10. The van der Waals surface area contributed by atoms with E-state index in [0.717, 1.165) is 16.6 Å². The standard InChI is InChI=1S/C20H19NO2/c1-15(20(22)23-14-16-7-3-2-4-8-16)21-19-12-11-17-9-5-6-10-18(17)13-19/h2-13,15,21H,14H2,1H3/t15-/m0/s1. The number of rotatable bonds is 5. The third-order valence-electron chi connectivity index (χ3n) is 3.71. The van der Waals surface area contributed by atoms with E-state index in [0.29, 0.717) is 6.61 Å². The lowest BCUT2D eigenvalue weighted by atomic mass is 10.1. The lowest BCUT2D eigenvalue weighted by Crippen LogP contribution is -2.28. The molecule has 0 amide bonds. The van der Waals surface area contributed by atoms with Crippen LogP contribution in [0, 0.1) is 0 Å². The monoisotopic (exact) mass is 305 g/mol. The summed E-state index contributed by atoms with van der Waals surface area (Å²) in [4.78, 5) is 12.1. The van der Waals surface area contributed by atoms with Gasteiger partial charge in [-0.2, -0.15) is 0 Å². The maximum atomic E-state index is 12.1. The molecule has 116 valence electrons. The maximum absolute atomic E-state index is 12.1. The number of nitrogens with one attached hydrogen (secondary N) is 1. The molecule has 0 spiro atoms. The maximum Gasteiger partial charge on any atom is 0.328 e.